The summed E-state index contributed by atoms with van der Waals surface area (Å²) in [4.78, 5) is 11.9. The predicted octanol–water partition coefficient (Wildman–Crippen LogP) is 0.443. The van der Waals surface area contributed by atoms with Crippen LogP contribution in [-0.4, -0.2) is 40.6 Å². The fourth-order valence-corrected chi connectivity index (χ4v) is 2.40. The zero-order chi connectivity index (χ0) is 13.7. The van der Waals surface area contributed by atoms with Gasteiger partial charge in [-0.2, -0.15) is 5.10 Å². The molecule has 2 heterocycles. The minimum atomic E-state index is -0.368. The van der Waals surface area contributed by atoms with Gasteiger partial charge in [0.15, 0.2) is 0 Å². The molecule has 106 valence electrons. The van der Waals surface area contributed by atoms with Crippen LogP contribution in [-0.2, 0) is 6.54 Å². The third kappa shape index (κ3) is 3.68. The Kier molecular flexibility index (Phi) is 5.18. The van der Waals surface area contributed by atoms with Crippen LogP contribution < -0.4 is 16.2 Å². The van der Waals surface area contributed by atoms with Crippen LogP contribution in [0.4, 0.5) is 5.69 Å². The summed E-state index contributed by atoms with van der Waals surface area (Å²) in [5.74, 6) is 0. The van der Waals surface area contributed by atoms with Crippen molar-refractivity contribution < 1.29 is 5.11 Å². The van der Waals surface area contributed by atoms with Crippen molar-refractivity contribution in [1.29, 1.82) is 0 Å². The first-order valence-electron chi connectivity index (χ1n) is 6.56. The van der Waals surface area contributed by atoms with Gasteiger partial charge in [-0.15, -0.1) is 0 Å². The molecule has 1 aliphatic rings. The minimum absolute atomic E-state index is 0.135. The van der Waals surface area contributed by atoms with Crippen LogP contribution >= 0.6 is 11.6 Å². The smallest absolute Gasteiger partial charge is 0.287 e. The first kappa shape index (κ1) is 14.3. The lowest BCUT2D eigenvalue weighted by Crippen LogP contribution is -2.28. The molecule has 0 spiro atoms. The predicted molar refractivity (Wildman–Crippen MR) is 74.7 cm³/mol. The summed E-state index contributed by atoms with van der Waals surface area (Å²) in [6.45, 7) is 2.02. The molecule has 0 aliphatic carbocycles. The Balaban J connectivity index is 2.12. The molecule has 6 nitrogen and oxygen atoms in total. The second-order valence-corrected chi connectivity index (χ2v) is 5.02. The molecule has 1 atom stereocenters. The Morgan fingerprint density at radius 3 is 3.16 bits per heavy atom. The van der Waals surface area contributed by atoms with Crippen molar-refractivity contribution >= 4 is 17.3 Å². The number of hydrogen-bond acceptors (Lipinski definition) is 5. The van der Waals surface area contributed by atoms with Crippen molar-refractivity contribution in [2.45, 2.75) is 31.8 Å². The first-order chi connectivity index (χ1) is 9.22. The average molecular weight is 287 g/mol. The molecule has 19 heavy (non-hydrogen) atoms. The van der Waals surface area contributed by atoms with E-state index in [1.807, 2.05) is 0 Å². The second-order valence-electron chi connectivity index (χ2n) is 4.65. The Morgan fingerprint density at radius 2 is 2.37 bits per heavy atom. The van der Waals surface area contributed by atoms with Gasteiger partial charge in [-0.1, -0.05) is 11.6 Å². The monoisotopic (exact) mass is 286 g/mol. The molecule has 1 unspecified atom stereocenters. The third-order valence-corrected chi connectivity index (χ3v) is 3.60. The number of nitrogens with one attached hydrogen (secondary N) is 2. The molecular formula is C12H19ClN4O2. The Bertz CT molecular complexity index is 469. The highest BCUT2D eigenvalue weighted by atomic mass is 35.5. The van der Waals surface area contributed by atoms with Crippen molar-refractivity contribution in [3.8, 4) is 0 Å². The van der Waals surface area contributed by atoms with Gasteiger partial charge in [0.2, 0.25) is 0 Å². The van der Waals surface area contributed by atoms with Gasteiger partial charge in [-0.25, -0.2) is 4.68 Å². The van der Waals surface area contributed by atoms with E-state index in [4.69, 9.17) is 16.7 Å². The lowest BCUT2D eigenvalue weighted by Gasteiger charge is -2.18. The van der Waals surface area contributed by atoms with Crippen molar-refractivity contribution in [2.75, 3.05) is 25.0 Å². The summed E-state index contributed by atoms with van der Waals surface area (Å²) in [5.41, 5.74) is 0.209. The van der Waals surface area contributed by atoms with Crippen molar-refractivity contribution in [2.24, 2.45) is 0 Å². The van der Waals surface area contributed by atoms with Crippen LogP contribution in [0, 0.1) is 0 Å². The summed E-state index contributed by atoms with van der Waals surface area (Å²) in [6, 6.07) is 0.308. The summed E-state index contributed by atoms with van der Waals surface area (Å²) in [6.07, 6.45) is 4.70. The minimum Gasteiger partial charge on any atom is -0.394 e. The molecule has 1 fully saturated rings. The maximum Gasteiger partial charge on any atom is 0.287 e. The SMILES string of the molecule is O=c1c(Cl)c(NC2CCCNCC2)cnn1CCO. The van der Waals surface area contributed by atoms with Crippen molar-refractivity contribution in [3.05, 3.63) is 21.6 Å². The maximum atomic E-state index is 11.9. The summed E-state index contributed by atoms with van der Waals surface area (Å²) in [5, 5.41) is 19.6. The molecule has 1 aromatic heterocycles. The van der Waals surface area contributed by atoms with E-state index in [0.29, 0.717) is 11.7 Å². The highest BCUT2D eigenvalue weighted by Crippen LogP contribution is 2.19. The molecule has 0 bridgehead atoms. The molecule has 0 aromatic carbocycles. The molecule has 0 saturated carbocycles. The molecule has 0 amide bonds. The van der Waals surface area contributed by atoms with E-state index in [2.05, 4.69) is 15.7 Å². The number of rotatable bonds is 4. The van der Waals surface area contributed by atoms with Crippen LogP contribution in [0.3, 0.4) is 0 Å². The van der Waals surface area contributed by atoms with Crippen LogP contribution in [0.25, 0.3) is 0 Å². The zero-order valence-electron chi connectivity index (χ0n) is 10.7. The molecule has 1 saturated heterocycles. The number of aliphatic hydroxyl groups excluding tert-OH is 1. The van der Waals surface area contributed by atoms with E-state index < -0.39 is 0 Å². The van der Waals surface area contributed by atoms with Gasteiger partial charge in [0.05, 0.1) is 25.0 Å². The average Bonchev–Trinajstić information content (AvgIpc) is 2.67. The summed E-state index contributed by atoms with van der Waals surface area (Å²) in [7, 11) is 0. The van der Waals surface area contributed by atoms with Gasteiger partial charge in [0.1, 0.15) is 5.02 Å². The Morgan fingerprint density at radius 1 is 1.53 bits per heavy atom. The lowest BCUT2D eigenvalue weighted by atomic mass is 10.1. The molecular weight excluding hydrogens is 268 g/mol. The number of hydrogen-bond donors (Lipinski definition) is 3. The standard InChI is InChI=1S/C12H19ClN4O2/c13-11-10(8-15-17(6-7-18)12(11)19)16-9-2-1-4-14-5-3-9/h8-9,14,16,18H,1-7H2. The fourth-order valence-electron chi connectivity index (χ4n) is 2.20. The second kappa shape index (κ2) is 6.88. The van der Waals surface area contributed by atoms with E-state index in [0.717, 1.165) is 32.4 Å². The van der Waals surface area contributed by atoms with Gasteiger partial charge in [-0.05, 0) is 32.4 Å². The number of halogens is 1. The van der Waals surface area contributed by atoms with E-state index in [-0.39, 0.29) is 23.7 Å². The van der Waals surface area contributed by atoms with E-state index in [1.165, 1.54) is 4.68 Å². The lowest BCUT2D eigenvalue weighted by molar-refractivity contribution is 0.266. The molecule has 1 aliphatic heterocycles. The molecule has 3 N–H and O–H groups in total. The number of aromatic nitrogens is 2. The quantitative estimate of drug-likeness (QED) is 0.749. The van der Waals surface area contributed by atoms with E-state index in [1.54, 1.807) is 6.20 Å². The fraction of sp³-hybridized carbons (Fsp3) is 0.667. The molecule has 1 aromatic rings. The molecule has 0 radical (unpaired) electrons. The van der Waals surface area contributed by atoms with Crippen molar-refractivity contribution in [1.82, 2.24) is 15.1 Å². The summed E-state index contributed by atoms with van der Waals surface area (Å²) < 4.78 is 1.17. The van der Waals surface area contributed by atoms with E-state index >= 15 is 0 Å². The maximum absolute atomic E-state index is 11.9. The topological polar surface area (TPSA) is 79.2 Å². The summed E-state index contributed by atoms with van der Waals surface area (Å²) >= 11 is 6.06. The number of nitrogens with zero attached hydrogens (tertiary/aromatic N) is 2. The van der Waals surface area contributed by atoms with Crippen LogP contribution in [0.15, 0.2) is 11.0 Å². The Labute approximate surface area is 116 Å². The third-order valence-electron chi connectivity index (χ3n) is 3.23. The van der Waals surface area contributed by atoms with Gasteiger partial charge >= 0.3 is 0 Å². The molecule has 7 heteroatoms. The van der Waals surface area contributed by atoms with Gasteiger partial charge < -0.3 is 15.7 Å². The number of aliphatic hydroxyl groups is 1. The van der Waals surface area contributed by atoms with Gasteiger partial charge in [-0.3, -0.25) is 4.79 Å². The van der Waals surface area contributed by atoms with Crippen LogP contribution in [0.2, 0.25) is 5.02 Å². The van der Waals surface area contributed by atoms with Crippen molar-refractivity contribution in [3.63, 3.8) is 0 Å². The Hall–Kier alpha value is -1.11. The van der Waals surface area contributed by atoms with Gasteiger partial charge in [0.25, 0.3) is 5.56 Å². The normalized spacial score (nSPS) is 20.0. The largest absolute Gasteiger partial charge is 0.394 e. The highest BCUT2D eigenvalue weighted by Gasteiger charge is 2.15. The van der Waals surface area contributed by atoms with Crippen LogP contribution in [0.1, 0.15) is 19.3 Å². The molecule has 2 rings (SSSR count). The zero-order valence-corrected chi connectivity index (χ0v) is 11.5. The van der Waals surface area contributed by atoms with Gasteiger partial charge in [0, 0.05) is 6.04 Å². The van der Waals surface area contributed by atoms with E-state index in [9.17, 15) is 4.79 Å². The van der Waals surface area contributed by atoms with Crippen LogP contribution in [0.5, 0.6) is 0 Å². The highest BCUT2D eigenvalue weighted by molar-refractivity contribution is 6.32. The first-order valence-corrected chi connectivity index (χ1v) is 6.94. The number of anilines is 1.